The summed E-state index contributed by atoms with van der Waals surface area (Å²) in [7, 11) is 0. The molecule has 4 nitrogen and oxygen atoms in total. The van der Waals surface area contributed by atoms with E-state index >= 15 is 0 Å². The predicted octanol–water partition coefficient (Wildman–Crippen LogP) is 2.93. The van der Waals surface area contributed by atoms with Crippen molar-refractivity contribution in [1.29, 1.82) is 0 Å². The molecule has 0 spiro atoms. The molecule has 0 aliphatic heterocycles. The smallest absolute Gasteiger partial charge is 0.375 e. The molecule has 0 unspecified atom stereocenters. The Balaban J connectivity index is 2.05. The molecule has 0 N–H and O–H groups in total. The lowest BCUT2D eigenvalue weighted by molar-refractivity contribution is -0.153. The third-order valence-electron chi connectivity index (χ3n) is 2.95. The first-order chi connectivity index (χ1) is 10.7. The quantitative estimate of drug-likeness (QED) is 0.607. The lowest BCUT2D eigenvalue weighted by Gasteiger charge is -2.02. The molecule has 1 heterocycles. The monoisotopic (exact) mass is 295 g/mol. The standard InChI is InChI=1S/C18H17NO3/c1-2-22-18(21)17(20)13-16-12-15(10-11-19-16)9-8-14-6-4-3-5-7-14/h3-12H,2,13H2,1H3. The zero-order valence-electron chi connectivity index (χ0n) is 12.4. The zero-order chi connectivity index (χ0) is 15.8. The van der Waals surface area contributed by atoms with E-state index in [1.165, 1.54) is 0 Å². The topological polar surface area (TPSA) is 56.3 Å². The van der Waals surface area contributed by atoms with E-state index in [4.69, 9.17) is 0 Å². The van der Waals surface area contributed by atoms with E-state index in [1.807, 2.05) is 48.6 Å². The van der Waals surface area contributed by atoms with Gasteiger partial charge in [-0.25, -0.2) is 4.79 Å². The van der Waals surface area contributed by atoms with Gasteiger partial charge in [0.25, 0.3) is 0 Å². The normalized spacial score (nSPS) is 10.6. The van der Waals surface area contributed by atoms with Gasteiger partial charge in [0.1, 0.15) is 0 Å². The van der Waals surface area contributed by atoms with Gasteiger partial charge in [0, 0.05) is 11.9 Å². The van der Waals surface area contributed by atoms with Crippen LogP contribution in [0, 0.1) is 0 Å². The lowest BCUT2D eigenvalue weighted by atomic mass is 10.1. The first kappa shape index (κ1) is 15.6. The van der Waals surface area contributed by atoms with Crippen molar-refractivity contribution < 1.29 is 14.3 Å². The van der Waals surface area contributed by atoms with Crippen molar-refractivity contribution in [2.45, 2.75) is 13.3 Å². The lowest BCUT2D eigenvalue weighted by Crippen LogP contribution is -2.19. The van der Waals surface area contributed by atoms with Crippen LogP contribution in [0.15, 0.2) is 48.7 Å². The molecule has 0 amide bonds. The van der Waals surface area contributed by atoms with Crippen molar-refractivity contribution >= 4 is 23.9 Å². The number of benzene rings is 1. The number of esters is 1. The molecule has 2 rings (SSSR count). The summed E-state index contributed by atoms with van der Waals surface area (Å²) in [6.45, 7) is 1.86. The Morgan fingerprint density at radius 1 is 1.09 bits per heavy atom. The van der Waals surface area contributed by atoms with Crippen molar-refractivity contribution in [3.05, 3.63) is 65.5 Å². The molecule has 0 saturated carbocycles. The number of hydrogen-bond donors (Lipinski definition) is 0. The number of ether oxygens (including phenoxy) is 1. The number of carbonyl (C=O) groups is 2. The maximum absolute atomic E-state index is 11.7. The maximum Gasteiger partial charge on any atom is 0.375 e. The number of ketones is 1. The predicted molar refractivity (Wildman–Crippen MR) is 85.0 cm³/mol. The molecule has 0 bridgehead atoms. The Bertz CT molecular complexity index is 678. The van der Waals surface area contributed by atoms with Crippen molar-refractivity contribution in [3.8, 4) is 0 Å². The minimum absolute atomic E-state index is 0.0498. The van der Waals surface area contributed by atoms with Crippen molar-refractivity contribution in [2.24, 2.45) is 0 Å². The molecule has 22 heavy (non-hydrogen) atoms. The van der Waals surface area contributed by atoms with Gasteiger partial charge in [-0.3, -0.25) is 9.78 Å². The number of Topliss-reactive ketones (excluding diaryl/α,β-unsaturated/α-hetero) is 1. The molecule has 0 fully saturated rings. The van der Waals surface area contributed by atoms with Crippen LogP contribution >= 0.6 is 0 Å². The number of pyridine rings is 1. The van der Waals surface area contributed by atoms with E-state index in [0.717, 1.165) is 11.1 Å². The van der Waals surface area contributed by atoms with Gasteiger partial charge < -0.3 is 4.74 Å². The Labute approximate surface area is 129 Å². The molecule has 0 atom stereocenters. The Morgan fingerprint density at radius 2 is 1.82 bits per heavy atom. The van der Waals surface area contributed by atoms with Crippen molar-refractivity contribution in [2.75, 3.05) is 6.61 Å². The highest BCUT2D eigenvalue weighted by Gasteiger charge is 2.15. The van der Waals surface area contributed by atoms with Crippen LogP contribution in [-0.4, -0.2) is 23.3 Å². The van der Waals surface area contributed by atoms with Crippen LogP contribution < -0.4 is 0 Å². The molecular formula is C18H17NO3. The van der Waals surface area contributed by atoms with E-state index in [0.29, 0.717) is 5.69 Å². The van der Waals surface area contributed by atoms with Crippen LogP contribution in [0.4, 0.5) is 0 Å². The summed E-state index contributed by atoms with van der Waals surface area (Å²) in [6.07, 6.45) is 5.49. The fourth-order valence-electron chi connectivity index (χ4n) is 1.90. The summed E-state index contributed by atoms with van der Waals surface area (Å²) >= 11 is 0. The van der Waals surface area contributed by atoms with Gasteiger partial charge in [-0.15, -0.1) is 0 Å². The van der Waals surface area contributed by atoms with Crippen LogP contribution in [0.5, 0.6) is 0 Å². The van der Waals surface area contributed by atoms with Gasteiger partial charge in [0.2, 0.25) is 5.78 Å². The van der Waals surface area contributed by atoms with E-state index in [2.05, 4.69) is 9.72 Å². The van der Waals surface area contributed by atoms with Gasteiger partial charge in [0.15, 0.2) is 0 Å². The van der Waals surface area contributed by atoms with Crippen LogP contribution in [0.3, 0.4) is 0 Å². The largest absolute Gasteiger partial charge is 0.460 e. The molecule has 0 aliphatic carbocycles. The maximum atomic E-state index is 11.7. The Hall–Kier alpha value is -2.75. The van der Waals surface area contributed by atoms with Gasteiger partial charge >= 0.3 is 5.97 Å². The second-order valence-corrected chi connectivity index (χ2v) is 4.64. The fourth-order valence-corrected chi connectivity index (χ4v) is 1.90. The summed E-state index contributed by atoms with van der Waals surface area (Å²) in [6, 6.07) is 13.5. The van der Waals surface area contributed by atoms with Crippen LogP contribution in [0.2, 0.25) is 0 Å². The summed E-state index contributed by atoms with van der Waals surface area (Å²) in [5.74, 6) is -1.40. The highest BCUT2D eigenvalue weighted by molar-refractivity contribution is 6.34. The SMILES string of the molecule is CCOC(=O)C(=O)Cc1cc(C=Cc2ccccc2)ccn1. The molecule has 4 heteroatoms. The van der Waals surface area contributed by atoms with E-state index in [-0.39, 0.29) is 13.0 Å². The third-order valence-corrected chi connectivity index (χ3v) is 2.95. The van der Waals surface area contributed by atoms with Crippen molar-refractivity contribution in [3.63, 3.8) is 0 Å². The number of aromatic nitrogens is 1. The van der Waals surface area contributed by atoms with E-state index in [9.17, 15) is 9.59 Å². The molecule has 1 aromatic heterocycles. The Kier molecular flexibility index (Phi) is 5.60. The minimum atomic E-state index is -0.811. The van der Waals surface area contributed by atoms with Crippen LogP contribution in [0.25, 0.3) is 12.2 Å². The molecule has 2 aromatic rings. The summed E-state index contributed by atoms with van der Waals surface area (Å²) in [5, 5.41) is 0. The fraction of sp³-hybridized carbons (Fsp3) is 0.167. The number of carbonyl (C=O) groups excluding carboxylic acids is 2. The second-order valence-electron chi connectivity index (χ2n) is 4.64. The van der Waals surface area contributed by atoms with Gasteiger partial charge in [0.05, 0.1) is 13.0 Å². The highest BCUT2D eigenvalue weighted by atomic mass is 16.5. The Morgan fingerprint density at radius 3 is 2.55 bits per heavy atom. The summed E-state index contributed by atoms with van der Waals surface area (Å²) in [4.78, 5) is 27.1. The average molecular weight is 295 g/mol. The van der Waals surface area contributed by atoms with Crippen LogP contribution in [0.1, 0.15) is 23.7 Å². The first-order valence-corrected chi connectivity index (χ1v) is 7.07. The average Bonchev–Trinajstić information content (AvgIpc) is 2.54. The molecule has 1 aromatic carbocycles. The van der Waals surface area contributed by atoms with Crippen LogP contribution in [-0.2, 0) is 20.7 Å². The van der Waals surface area contributed by atoms with Gasteiger partial charge in [-0.1, -0.05) is 42.5 Å². The zero-order valence-corrected chi connectivity index (χ0v) is 12.4. The van der Waals surface area contributed by atoms with Gasteiger partial charge in [-0.2, -0.15) is 0 Å². The molecule has 0 saturated heterocycles. The summed E-state index contributed by atoms with van der Waals surface area (Å²) in [5.41, 5.74) is 2.56. The number of nitrogens with zero attached hydrogens (tertiary/aromatic N) is 1. The molecule has 0 aliphatic rings. The first-order valence-electron chi connectivity index (χ1n) is 7.07. The number of hydrogen-bond acceptors (Lipinski definition) is 4. The molecular weight excluding hydrogens is 278 g/mol. The van der Waals surface area contributed by atoms with Gasteiger partial charge in [-0.05, 0) is 30.2 Å². The highest BCUT2D eigenvalue weighted by Crippen LogP contribution is 2.09. The summed E-state index contributed by atoms with van der Waals surface area (Å²) < 4.78 is 4.68. The van der Waals surface area contributed by atoms with Crippen molar-refractivity contribution in [1.82, 2.24) is 4.98 Å². The third kappa shape index (κ3) is 4.66. The minimum Gasteiger partial charge on any atom is -0.460 e. The van der Waals surface area contributed by atoms with E-state index < -0.39 is 11.8 Å². The molecule has 0 radical (unpaired) electrons. The number of rotatable bonds is 6. The van der Waals surface area contributed by atoms with E-state index in [1.54, 1.807) is 19.2 Å². The second kappa shape index (κ2) is 7.88. The molecule has 112 valence electrons.